The van der Waals surface area contributed by atoms with Crippen molar-refractivity contribution >= 4 is 17.5 Å². The molecule has 0 aliphatic rings. The van der Waals surface area contributed by atoms with Crippen molar-refractivity contribution in [1.82, 2.24) is 5.32 Å². The molecule has 0 saturated carbocycles. The van der Waals surface area contributed by atoms with Crippen molar-refractivity contribution in [3.63, 3.8) is 0 Å². The molecule has 0 aliphatic heterocycles. The van der Waals surface area contributed by atoms with Gasteiger partial charge in [0.1, 0.15) is 5.75 Å². The first-order valence-electron chi connectivity index (χ1n) is 6.71. The Morgan fingerprint density at radius 3 is 2.55 bits per heavy atom. The van der Waals surface area contributed by atoms with Crippen molar-refractivity contribution in [2.75, 3.05) is 6.61 Å². The monoisotopic (exact) mass is 299 g/mol. The topological polar surface area (TPSA) is 58.6 Å². The fraction of sp³-hybridized carbons (Fsp3) is 0.533. The Morgan fingerprint density at radius 2 is 2.00 bits per heavy atom. The van der Waals surface area contributed by atoms with E-state index in [-0.39, 0.29) is 18.6 Å². The van der Waals surface area contributed by atoms with Crippen molar-refractivity contribution in [1.29, 1.82) is 0 Å². The first-order chi connectivity index (χ1) is 9.31. The van der Waals surface area contributed by atoms with E-state index >= 15 is 0 Å². The summed E-state index contributed by atoms with van der Waals surface area (Å²) < 4.78 is 5.47. The van der Waals surface area contributed by atoms with Gasteiger partial charge in [-0.3, -0.25) is 4.79 Å². The van der Waals surface area contributed by atoms with Crippen molar-refractivity contribution in [2.45, 2.75) is 39.8 Å². The number of rotatable bonds is 6. The molecule has 2 atom stereocenters. The molecular weight excluding hydrogens is 278 g/mol. The van der Waals surface area contributed by atoms with Gasteiger partial charge in [-0.2, -0.15) is 0 Å². The summed E-state index contributed by atoms with van der Waals surface area (Å²) in [5.74, 6) is 0.650. The van der Waals surface area contributed by atoms with Gasteiger partial charge >= 0.3 is 0 Å². The third-order valence-corrected chi connectivity index (χ3v) is 3.40. The van der Waals surface area contributed by atoms with Crippen LogP contribution in [0.3, 0.4) is 0 Å². The quantitative estimate of drug-likeness (QED) is 0.849. The second-order valence-corrected chi connectivity index (χ2v) is 5.68. The minimum atomic E-state index is -0.707. The van der Waals surface area contributed by atoms with Crippen LogP contribution in [-0.4, -0.2) is 23.7 Å². The van der Waals surface area contributed by atoms with E-state index in [1.54, 1.807) is 25.1 Å². The number of hydrogen-bond acceptors (Lipinski definition) is 3. The number of carbonyl (C=O) groups excluding carboxylic acids is 1. The standard InChI is InChI=1S/C15H22ClNO3/c1-9(2)10(3)17-15(19)8-20-14-6-5-12(16)7-13(14)11(4)18/h5-7,9-11,18H,8H2,1-4H3,(H,17,19)/t10?,11-/m0/s1. The van der Waals surface area contributed by atoms with Gasteiger partial charge in [0, 0.05) is 16.6 Å². The van der Waals surface area contributed by atoms with Gasteiger partial charge in [0.25, 0.3) is 5.91 Å². The Kier molecular flexibility index (Phi) is 6.30. The van der Waals surface area contributed by atoms with Gasteiger partial charge in [-0.15, -0.1) is 0 Å². The zero-order valence-electron chi connectivity index (χ0n) is 12.3. The fourth-order valence-electron chi connectivity index (χ4n) is 1.58. The van der Waals surface area contributed by atoms with Crippen LogP contribution >= 0.6 is 11.6 Å². The second-order valence-electron chi connectivity index (χ2n) is 5.25. The van der Waals surface area contributed by atoms with Crippen LogP contribution in [0.2, 0.25) is 5.02 Å². The molecule has 0 heterocycles. The highest BCUT2D eigenvalue weighted by atomic mass is 35.5. The number of aliphatic hydroxyl groups excluding tert-OH is 1. The Bertz CT molecular complexity index is 460. The SMILES string of the molecule is CC(C)C(C)NC(=O)COc1ccc(Cl)cc1[C@H](C)O. The fourth-order valence-corrected chi connectivity index (χ4v) is 1.76. The van der Waals surface area contributed by atoms with E-state index in [9.17, 15) is 9.90 Å². The molecule has 1 rings (SSSR count). The van der Waals surface area contributed by atoms with Gasteiger partial charge in [0.05, 0.1) is 6.10 Å². The zero-order chi connectivity index (χ0) is 15.3. The minimum Gasteiger partial charge on any atom is -0.483 e. The Morgan fingerprint density at radius 1 is 1.35 bits per heavy atom. The molecule has 112 valence electrons. The number of halogens is 1. The van der Waals surface area contributed by atoms with E-state index in [0.717, 1.165) is 0 Å². The molecule has 1 aromatic carbocycles. The Labute approximate surface area is 125 Å². The van der Waals surface area contributed by atoms with Crippen LogP contribution in [-0.2, 0) is 4.79 Å². The lowest BCUT2D eigenvalue weighted by Gasteiger charge is -2.18. The molecular formula is C15H22ClNO3. The minimum absolute atomic E-state index is 0.0849. The van der Waals surface area contributed by atoms with Crippen molar-refractivity contribution in [3.05, 3.63) is 28.8 Å². The molecule has 0 bridgehead atoms. The zero-order valence-corrected chi connectivity index (χ0v) is 13.1. The van der Waals surface area contributed by atoms with Crippen LogP contribution in [0, 0.1) is 5.92 Å². The molecule has 20 heavy (non-hydrogen) atoms. The predicted octanol–water partition coefficient (Wildman–Crippen LogP) is 2.93. The largest absolute Gasteiger partial charge is 0.483 e. The Hall–Kier alpha value is -1.26. The molecule has 5 heteroatoms. The number of aliphatic hydroxyl groups is 1. The van der Waals surface area contributed by atoms with Crippen LogP contribution in [0.4, 0.5) is 0 Å². The summed E-state index contributed by atoms with van der Waals surface area (Å²) in [5.41, 5.74) is 0.571. The van der Waals surface area contributed by atoms with Crippen LogP contribution in [0.25, 0.3) is 0 Å². The summed E-state index contributed by atoms with van der Waals surface area (Å²) >= 11 is 5.88. The molecule has 0 spiro atoms. The lowest BCUT2D eigenvalue weighted by atomic mass is 10.1. The highest BCUT2D eigenvalue weighted by molar-refractivity contribution is 6.30. The van der Waals surface area contributed by atoms with Crippen LogP contribution in [0.1, 0.15) is 39.4 Å². The summed E-state index contributed by atoms with van der Waals surface area (Å²) in [6, 6.07) is 5.05. The predicted molar refractivity (Wildman–Crippen MR) is 80.0 cm³/mol. The summed E-state index contributed by atoms with van der Waals surface area (Å²) in [7, 11) is 0. The summed E-state index contributed by atoms with van der Waals surface area (Å²) in [6.07, 6.45) is -0.707. The number of ether oxygens (including phenoxy) is 1. The van der Waals surface area contributed by atoms with E-state index in [1.807, 2.05) is 20.8 Å². The maximum absolute atomic E-state index is 11.8. The first-order valence-corrected chi connectivity index (χ1v) is 7.08. The van der Waals surface area contributed by atoms with Gasteiger partial charge in [-0.05, 0) is 38.0 Å². The van der Waals surface area contributed by atoms with Gasteiger partial charge in [0.2, 0.25) is 0 Å². The third-order valence-electron chi connectivity index (χ3n) is 3.17. The molecule has 1 amide bonds. The van der Waals surface area contributed by atoms with E-state index < -0.39 is 6.10 Å². The van der Waals surface area contributed by atoms with Crippen LogP contribution in [0.15, 0.2) is 18.2 Å². The van der Waals surface area contributed by atoms with Crippen LogP contribution in [0.5, 0.6) is 5.75 Å². The first kappa shape index (κ1) is 16.8. The average molecular weight is 300 g/mol. The second kappa shape index (κ2) is 7.50. The molecule has 2 N–H and O–H groups in total. The van der Waals surface area contributed by atoms with E-state index in [1.165, 1.54) is 0 Å². The molecule has 1 aromatic rings. The number of benzene rings is 1. The Balaban J connectivity index is 2.64. The highest BCUT2D eigenvalue weighted by Gasteiger charge is 2.14. The van der Waals surface area contributed by atoms with Crippen molar-refractivity contribution in [3.8, 4) is 5.75 Å². The lowest BCUT2D eigenvalue weighted by Crippen LogP contribution is -2.39. The molecule has 0 aliphatic carbocycles. The summed E-state index contributed by atoms with van der Waals surface area (Å²) in [5, 5.41) is 13.0. The molecule has 0 saturated heterocycles. The smallest absolute Gasteiger partial charge is 0.258 e. The summed E-state index contributed by atoms with van der Waals surface area (Å²) in [4.78, 5) is 11.8. The van der Waals surface area contributed by atoms with Gasteiger partial charge in [-0.1, -0.05) is 25.4 Å². The number of carbonyl (C=O) groups is 1. The summed E-state index contributed by atoms with van der Waals surface area (Å²) in [6.45, 7) is 7.57. The molecule has 4 nitrogen and oxygen atoms in total. The van der Waals surface area contributed by atoms with Gasteiger partial charge in [0.15, 0.2) is 6.61 Å². The lowest BCUT2D eigenvalue weighted by molar-refractivity contribution is -0.124. The van der Waals surface area contributed by atoms with Gasteiger partial charge in [-0.25, -0.2) is 0 Å². The molecule has 0 fully saturated rings. The third kappa shape index (κ3) is 5.02. The van der Waals surface area contributed by atoms with E-state index in [2.05, 4.69) is 5.32 Å². The molecule has 0 aromatic heterocycles. The van der Waals surface area contributed by atoms with Crippen molar-refractivity contribution in [2.24, 2.45) is 5.92 Å². The van der Waals surface area contributed by atoms with E-state index in [4.69, 9.17) is 16.3 Å². The number of hydrogen-bond donors (Lipinski definition) is 2. The van der Waals surface area contributed by atoms with Gasteiger partial charge < -0.3 is 15.2 Å². The van der Waals surface area contributed by atoms with E-state index in [0.29, 0.717) is 22.3 Å². The number of nitrogens with one attached hydrogen (secondary N) is 1. The van der Waals surface area contributed by atoms with Crippen LogP contribution < -0.4 is 10.1 Å². The maximum Gasteiger partial charge on any atom is 0.258 e. The molecule has 1 unspecified atom stereocenters. The number of amides is 1. The average Bonchev–Trinajstić information content (AvgIpc) is 2.36. The normalized spacial score (nSPS) is 13.9. The van der Waals surface area contributed by atoms with Crippen molar-refractivity contribution < 1.29 is 14.6 Å². The maximum atomic E-state index is 11.8. The molecule has 0 radical (unpaired) electrons. The highest BCUT2D eigenvalue weighted by Crippen LogP contribution is 2.28.